The van der Waals surface area contributed by atoms with Gasteiger partial charge in [-0.25, -0.2) is 4.98 Å². The Morgan fingerprint density at radius 1 is 0.430 bits per heavy atom. The summed E-state index contributed by atoms with van der Waals surface area (Å²) in [5.41, 5.74) is 16.0. The van der Waals surface area contributed by atoms with E-state index in [1.807, 2.05) is 18.3 Å². The average Bonchev–Trinajstić information content (AvgIpc) is 4.08. The van der Waals surface area contributed by atoms with Crippen molar-refractivity contribution in [3.63, 3.8) is 0 Å². The molecule has 0 N–H and O–H groups in total. The minimum Gasteiger partial charge on any atom is -0.509 e. The SMILES string of the molecule is CC(C)(C)c1ccnc(-n2c3[c-]c(Oc4[c-]c(N5[CH-]N(c6cccc(C(C)(C)c7ccccc7)c6)c6cc(C(C)(C)c7ccccc7)c(C(C)(C)c7ccccc7)cc65)ccc4)ccc3c3cc(-c4ccccc4)ccc32)c1.[Pt]. The molecule has 9 aromatic carbocycles. The summed E-state index contributed by atoms with van der Waals surface area (Å²) in [6.45, 7) is 23.0. The second-order valence-electron chi connectivity index (χ2n) is 23.4. The molecule has 0 atom stereocenters. The number of pyridine rings is 1. The minimum absolute atomic E-state index is 0. The molecule has 0 unspecified atom stereocenters. The summed E-state index contributed by atoms with van der Waals surface area (Å²) in [4.78, 5) is 9.62. The molecule has 0 saturated heterocycles. The van der Waals surface area contributed by atoms with Gasteiger partial charge in [0, 0.05) is 77.6 Å². The van der Waals surface area contributed by atoms with Crippen LogP contribution in [0.5, 0.6) is 11.5 Å². The third-order valence-electron chi connectivity index (χ3n) is 16.4. The van der Waals surface area contributed by atoms with Crippen molar-refractivity contribution in [2.45, 2.75) is 84.0 Å². The molecular weight excluding hydrogens is 1140 g/mol. The zero-order valence-corrected chi connectivity index (χ0v) is 48.7. The smallest absolute Gasteiger partial charge is 0.135 e. The van der Waals surface area contributed by atoms with E-state index < -0.39 is 0 Å². The molecule has 0 bridgehead atoms. The normalized spacial score (nSPS) is 12.9. The Morgan fingerprint density at radius 3 is 1.61 bits per heavy atom. The second kappa shape index (κ2) is 20.7. The quantitative estimate of drug-likeness (QED) is 0.114. The number of ether oxygens (including phenoxy) is 1. The molecule has 1 aliphatic heterocycles. The van der Waals surface area contributed by atoms with E-state index >= 15 is 0 Å². The number of fused-ring (bicyclic) bond motifs is 4. The summed E-state index contributed by atoms with van der Waals surface area (Å²) in [5, 5.41) is 2.19. The van der Waals surface area contributed by atoms with E-state index in [4.69, 9.17) is 9.72 Å². The monoisotopic (exact) mass is 1210 g/mol. The van der Waals surface area contributed by atoms with Crippen LogP contribution < -0.4 is 14.5 Å². The number of benzene rings is 9. The van der Waals surface area contributed by atoms with E-state index in [-0.39, 0.29) is 42.7 Å². The molecule has 0 saturated carbocycles. The Hall–Kier alpha value is -7.98. The Morgan fingerprint density at radius 2 is 0.987 bits per heavy atom. The van der Waals surface area contributed by atoms with Crippen LogP contribution in [0.1, 0.15) is 101 Å². The fourth-order valence-corrected chi connectivity index (χ4v) is 11.5. The van der Waals surface area contributed by atoms with Crippen LogP contribution in [0.15, 0.2) is 225 Å². The number of nitrogens with zero attached hydrogens (tertiary/aromatic N) is 4. The average molecular weight is 1210 g/mol. The zero-order valence-electron chi connectivity index (χ0n) is 46.5. The molecule has 0 aliphatic carbocycles. The van der Waals surface area contributed by atoms with E-state index in [1.54, 1.807) is 0 Å². The molecule has 0 radical (unpaired) electrons. The number of rotatable bonds is 12. The van der Waals surface area contributed by atoms with Crippen molar-refractivity contribution < 1.29 is 25.8 Å². The fourth-order valence-electron chi connectivity index (χ4n) is 11.5. The molecule has 79 heavy (non-hydrogen) atoms. The summed E-state index contributed by atoms with van der Waals surface area (Å²) >= 11 is 0. The van der Waals surface area contributed by atoms with Gasteiger partial charge in [0.05, 0.1) is 0 Å². The van der Waals surface area contributed by atoms with Crippen molar-refractivity contribution in [1.29, 1.82) is 0 Å². The number of hydrogen-bond acceptors (Lipinski definition) is 4. The Bertz CT molecular complexity index is 3990. The first-order chi connectivity index (χ1) is 37.6. The van der Waals surface area contributed by atoms with Crippen molar-refractivity contribution in [1.82, 2.24) is 9.55 Å². The van der Waals surface area contributed by atoms with Gasteiger partial charge < -0.3 is 19.1 Å². The number of aromatic nitrogens is 2. The topological polar surface area (TPSA) is 33.5 Å². The van der Waals surface area contributed by atoms with Crippen molar-refractivity contribution in [2.75, 3.05) is 9.80 Å². The Kier molecular flexibility index (Phi) is 13.9. The third-order valence-corrected chi connectivity index (χ3v) is 16.4. The standard InChI is InChI=1S/C73H65N4O.Pt/c1-70(2,3)55-40-41-74-69(44-55)77-65-39-36-51(50-24-14-10-15-25-50)42-62(65)61-38-37-60(46-66(61)77)78-59-35-23-34-58(45-59)76-49-75(57-33-22-32-56(43-57)71(4,5)52-26-16-11-17-27-52)67-47-63(72(6,7)53-28-18-12-19-29-53)64(48-68(67)76)73(8,9)54-30-20-13-21-31-54;/h10-44,47-49H,1-9H3;/q-3;. The van der Waals surface area contributed by atoms with Crippen molar-refractivity contribution >= 4 is 44.6 Å². The Labute approximate surface area is 481 Å². The van der Waals surface area contributed by atoms with Gasteiger partial charge in [0.15, 0.2) is 0 Å². The largest absolute Gasteiger partial charge is 0.509 e. The number of hydrogen-bond donors (Lipinski definition) is 0. The molecule has 0 fully saturated rings. The molecule has 12 rings (SSSR count). The van der Waals surface area contributed by atoms with Crippen molar-refractivity contribution in [3.8, 4) is 28.4 Å². The predicted octanol–water partition coefficient (Wildman–Crippen LogP) is 18.9. The van der Waals surface area contributed by atoms with E-state index in [0.29, 0.717) is 11.5 Å². The first-order valence-corrected chi connectivity index (χ1v) is 27.2. The summed E-state index contributed by atoms with van der Waals surface area (Å²) in [6.07, 6.45) is 1.92. The molecule has 11 aromatic rings. The van der Waals surface area contributed by atoms with Gasteiger partial charge in [0.2, 0.25) is 0 Å². The minimum atomic E-state index is -0.366. The molecule has 5 nitrogen and oxygen atoms in total. The van der Waals surface area contributed by atoms with Crippen LogP contribution in [0.4, 0.5) is 22.7 Å². The van der Waals surface area contributed by atoms with Gasteiger partial charge in [-0.05, 0) is 103 Å². The van der Waals surface area contributed by atoms with Crippen molar-refractivity contribution in [2.24, 2.45) is 0 Å². The van der Waals surface area contributed by atoms with Crippen LogP contribution in [0, 0.1) is 18.8 Å². The van der Waals surface area contributed by atoms with E-state index in [1.165, 1.54) is 44.5 Å². The molecule has 396 valence electrons. The van der Waals surface area contributed by atoms with Gasteiger partial charge >= 0.3 is 0 Å². The second-order valence-corrected chi connectivity index (χ2v) is 23.4. The third kappa shape index (κ3) is 9.78. The zero-order chi connectivity index (χ0) is 54.0. The van der Waals surface area contributed by atoms with Gasteiger partial charge in [-0.2, -0.15) is 12.1 Å². The van der Waals surface area contributed by atoms with Crippen LogP contribution >= 0.6 is 0 Å². The maximum Gasteiger partial charge on any atom is 0.135 e. The van der Waals surface area contributed by atoms with E-state index in [2.05, 4.69) is 302 Å². The number of anilines is 4. The first-order valence-electron chi connectivity index (χ1n) is 27.2. The van der Waals surface area contributed by atoms with E-state index in [9.17, 15) is 0 Å². The van der Waals surface area contributed by atoms with Gasteiger partial charge in [-0.1, -0.05) is 213 Å². The predicted molar refractivity (Wildman–Crippen MR) is 324 cm³/mol. The van der Waals surface area contributed by atoms with Crippen LogP contribution in [0.2, 0.25) is 0 Å². The van der Waals surface area contributed by atoms with Gasteiger partial charge in [-0.15, -0.1) is 48.1 Å². The van der Waals surface area contributed by atoms with Gasteiger partial charge in [0.25, 0.3) is 0 Å². The molecule has 3 heterocycles. The van der Waals surface area contributed by atoms with E-state index in [0.717, 1.165) is 55.9 Å². The summed E-state index contributed by atoms with van der Waals surface area (Å²) in [7, 11) is 0. The van der Waals surface area contributed by atoms with Crippen molar-refractivity contribution in [3.05, 3.63) is 282 Å². The van der Waals surface area contributed by atoms with Gasteiger partial charge in [0.1, 0.15) is 5.82 Å². The van der Waals surface area contributed by atoms with Crippen LogP contribution in [0.3, 0.4) is 0 Å². The molecular formula is C73H65N4OPt-3. The summed E-state index contributed by atoms with van der Waals surface area (Å²) in [5.74, 6) is 2.00. The molecule has 1 aliphatic rings. The Balaban J connectivity index is 0.00000660. The molecule has 2 aromatic heterocycles. The summed E-state index contributed by atoms with van der Waals surface area (Å²) < 4.78 is 9.12. The maximum absolute atomic E-state index is 6.89. The fraction of sp³-hybridized carbons (Fsp3) is 0.178. The van der Waals surface area contributed by atoms with Gasteiger partial charge in [-0.3, -0.25) is 0 Å². The molecule has 6 heteroatoms. The molecule has 0 spiro atoms. The molecule has 0 amide bonds. The van der Waals surface area contributed by atoms with Crippen LogP contribution in [0.25, 0.3) is 38.8 Å². The van der Waals surface area contributed by atoms with Crippen LogP contribution in [-0.2, 0) is 42.7 Å². The summed E-state index contributed by atoms with van der Waals surface area (Å²) in [6, 6.07) is 85.9. The first kappa shape index (κ1) is 53.0. The van der Waals surface area contributed by atoms with Crippen LogP contribution in [-0.4, -0.2) is 9.55 Å². The maximum atomic E-state index is 6.89.